The quantitative estimate of drug-likeness (QED) is 0.631. The van der Waals surface area contributed by atoms with Crippen molar-refractivity contribution in [2.45, 2.75) is 40.0 Å². The highest BCUT2D eigenvalue weighted by Crippen LogP contribution is 2.20. The lowest BCUT2D eigenvalue weighted by molar-refractivity contribution is 0.0948. The Morgan fingerprint density at radius 2 is 1.77 bits per heavy atom. The molecule has 2 rings (SSSR count). The lowest BCUT2D eigenvalue weighted by Gasteiger charge is -2.21. The predicted molar refractivity (Wildman–Crippen MR) is 107 cm³/mol. The summed E-state index contributed by atoms with van der Waals surface area (Å²) < 4.78 is 0. The molecule has 1 aromatic heterocycles. The lowest BCUT2D eigenvalue weighted by Crippen LogP contribution is -2.25. The Bertz CT molecular complexity index is 683. The Morgan fingerprint density at radius 3 is 2.42 bits per heavy atom. The second-order valence-electron chi connectivity index (χ2n) is 6.10. The molecule has 1 amide bonds. The van der Waals surface area contributed by atoms with Crippen molar-refractivity contribution in [3.05, 3.63) is 42.4 Å². The van der Waals surface area contributed by atoms with Crippen molar-refractivity contribution in [1.82, 2.24) is 15.3 Å². The standard InChI is InChI=1S/C20H29N5O/c1-4-7-8-13-21-20(26)18-14-19(23-15-22-18)24-16-9-11-17(12-10-16)25(5-2)6-3/h9-12,14-15H,4-8,13H2,1-3H3,(H,21,26)(H,22,23,24). The van der Waals surface area contributed by atoms with Gasteiger partial charge in [-0.1, -0.05) is 19.8 Å². The molecule has 1 aromatic carbocycles. The molecule has 2 aromatic rings. The molecule has 0 unspecified atom stereocenters. The third-order valence-corrected chi connectivity index (χ3v) is 4.23. The normalized spacial score (nSPS) is 10.4. The number of rotatable bonds is 10. The average Bonchev–Trinajstić information content (AvgIpc) is 2.67. The van der Waals surface area contributed by atoms with E-state index >= 15 is 0 Å². The van der Waals surface area contributed by atoms with Crippen LogP contribution < -0.4 is 15.5 Å². The molecule has 0 saturated heterocycles. The van der Waals surface area contributed by atoms with Crippen molar-refractivity contribution < 1.29 is 4.79 Å². The van der Waals surface area contributed by atoms with E-state index in [0.29, 0.717) is 18.1 Å². The molecular weight excluding hydrogens is 326 g/mol. The zero-order valence-corrected chi connectivity index (χ0v) is 16.0. The Labute approximate surface area is 156 Å². The van der Waals surface area contributed by atoms with Gasteiger partial charge >= 0.3 is 0 Å². The first kappa shape index (κ1) is 19.7. The molecule has 26 heavy (non-hydrogen) atoms. The first-order chi connectivity index (χ1) is 12.7. The van der Waals surface area contributed by atoms with Crippen LogP contribution in [-0.4, -0.2) is 35.5 Å². The van der Waals surface area contributed by atoms with Crippen LogP contribution in [0, 0.1) is 0 Å². The van der Waals surface area contributed by atoms with Gasteiger partial charge in [-0.2, -0.15) is 0 Å². The van der Waals surface area contributed by atoms with E-state index in [1.165, 1.54) is 12.0 Å². The molecular formula is C20H29N5O. The molecule has 0 bridgehead atoms. The van der Waals surface area contributed by atoms with Crippen molar-refractivity contribution >= 4 is 23.1 Å². The summed E-state index contributed by atoms with van der Waals surface area (Å²) in [5.41, 5.74) is 2.49. The summed E-state index contributed by atoms with van der Waals surface area (Å²) >= 11 is 0. The fraction of sp³-hybridized carbons (Fsp3) is 0.450. The Hall–Kier alpha value is -2.63. The number of amides is 1. The molecule has 0 aliphatic carbocycles. The van der Waals surface area contributed by atoms with Gasteiger partial charge in [0.05, 0.1) is 0 Å². The molecule has 0 atom stereocenters. The number of carbonyl (C=O) groups excluding carboxylic acids is 1. The van der Waals surface area contributed by atoms with Crippen LogP contribution in [0.5, 0.6) is 0 Å². The second kappa shape index (κ2) is 10.4. The van der Waals surface area contributed by atoms with Crippen LogP contribution in [0.1, 0.15) is 50.5 Å². The number of nitrogens with zero attached hydrogens (tertiary/aromatic N) is 3. The number of hydrogen-bond acceptors (Lipinski definition) is 5. The number of hydrogen-bond donors (Lipinski definition) is 2. The minimum Gasteiger partial charge on any atom is -0.372 e. The second-order valence-corrected chi connectivity index (χ2v) is 6.10. The zero-order valence-electron chi connectivity index (χ0n) is 16.0. The van der Waals surface area contributed by atoms with Gasteiger partial charge in [0.15, 0.2) is 0 Å². The summed E-state index contributed by atoms with van der Waals surface area (Å²) in [5.74, 6) is 0.442. The van der Waals surface area contributed by atoms with E-state index in [0.717, 1.165) is 38.0 Å². The molecule has 140 valence electrons. The van der Waals surface area contributed by atoms with Gasteiger partial charge in [0, 0.05) is 37.1 Å². The summed E-state index contributed by atoms with van der Waals surface area (Å²) in [6, 6.07) is 9.86. The van der Waals surface area contributed by atoms with Crippen molar-refractivity contribution in [1.29, 1.82) is 0 Å². The molecule has 0 fully saturated rings. The first-order valence-electron chi connectivity index (χ1n) is 9.40. The number of benzene rings is 1. The van der Waals surface area contributed by atoms with Crippen LogP contribution in [0.3, 0.4) is 0 Å². The summed E-state index contributed by atoms with van der Waals surface area (Å²) in [6.07, 6.45) is 4.63. The van der Waals surface area contributed by atoms with E-state index in [2.05, 4.69) is 58.4 Å². The highest BCUT2D eigenvalue weighted by atomic mass is 16.1. The van der Waals surface area contributed by atoms with Gasteiger partial charge in [-0.25, -0.2) is 9.97 Å². The van der Waals surface area contributed by atoms with Crippen molar-refractivity contribution in [3.63, 3.8) is 0 Å². The van der Waals surface area contributed by atoms with Gasteiger partial charge < -0.3 is 15.5 Å². The van der Waals surface area contributed by atoms with Gasteiger partial charge in [0.25, 0.3) is 5.91 Å². The van der Waals surface area contributed by atoms with Crippen molar-refractivity contribution in [3.8, 4) is 0 Å². The molecule has 6 heteroatoms. The molecule has 0 aliphatic rings. The highest BCUT2D eigenvalue weighted by Gasteiger charge is 2.08. The van der Waals surface area contributed by atoms with Crippen LogP contribution in [0.15, 0.2) is 36.7 Å². The van der Waals surface area contributed by atoms with Crippen LogP contribution in [0.2, 0.25) is 0 Å². The summed E-state index contributed by atoms with van der Waals surface area (Å²) in [5, 5.41) is 6.12. The summed E-state index contributed by atoms with van der Waals surface area (Å²) in [7, 11) is 0. The van der Waals surface area contributed by atoms with E-state index in [9.17, 15) is 4.79 Å². The molecule has 0 spiro atoms. The minimum absolute atomic E-state index is 0.163. The molecule has 0 aliphatic heterocycles. The number of nitrogens with one attached hydrogen (secondary N) is 2. The minimum atomic E-state index is -0.163. The van der Waals surface area contributed by atoms with E-state index in [4.69, 9.17) is 0 Å². The van der Waals surface area contributed by atoms with Gasteiger partial charge in [0.1, 0.15) is 17.8 Å². The smallest absolute Gasteiger partial charge is 0.270 e. The number of carbonyl (C=O) groups is 1. The maximum absolute atomic E-state index is 12.2. The zero-order chi connectivity index (χ0) is 18.8. The maximum Gasteiger partial charge on any atom is 0.270 e. The fourth-order valence-electron chi connectivity index (χ4n) is 2.71. The van der Waals surface area contributed by atoms with Gasteiger partial charge in [-0.05, 0) is 44.5 Å². The lowest BCUT2D eigenvalue weighted by atomic mass is 10.2. The maximum atomic E-state index is 12.2. The summed E-state index contributed by atoms with van der Waals surface area (Å²) in [4.78, 5) is 22.7. The number of anilines is 3. The Kier molecular flexibility index (Phi) is 7.86. The van der Waals surface area contributed by atoms with Crippen molar-refractivity contribution in [2.24, 2.45) is 0 Å². The number of unbranched alkanes of at least 4 members (excludes halogenated alkanes) is 2. The van der Waals surface area contributed by atoms with E-state index in [-0.39, 0.29) is 5.91 Å². The third kappa shape index (κ3) is 5.72. The van der Waals surface area contributed by atoms with Crippen LogP contribution in [-0.2, 0) is 0 Å². The average molecular weight is 355 g/mol. The first-order valence-corrected chi connectivity index (χ1v) is 9.40. The van der Waals surface area contributed by atoms with Crippen LogP contribution in [0.25, 0.3) is 0 Å². The monoisotopic (exact) mass is 355 g/mol. The van der Waals surface area contributed by atoms with Crippen LogP contribution >= 0.6 is 0 Å². The van der Waals surface area contributed by atoms with E-state index in [1.54, 1.807) is 6.07 Å². The van der Waals surface area contributed by atoms with Crippen molar-refractivity contribution in [2.75, 3.05) is 29.9 Å². The summed E-state index contributed by atoms with van der Waals surface area (Å²) in [6.45, 7) is 9.06. The topological polar surface area (TPSA) is 70.2 Å². The van der Waals surface area contributed by atoms with Gasteiger partial charge in [-0.3, -0.25) is 4.79 Å². The molecule has 0 saturated carbocycles. The predicted octanol–water partition coefficient (Wildman–Crippen LogP) is 3.99. The third-order valence-electron chi connectivity index (χ3n) is 4.23. The molecule has 6 nitrogen and oxygen atoms in total. The molecule has 0 radical (unpaired) electrons. The number of aromatic nitrogens is 2. The van der Waals surface area contributed by atoms with Crippen LogP contribution in [0.4, 0.5) is 17.2 Å². The molecule has 1 heterocycles. The SMILES string of the molecule is CCCCCNC(=O)c1cc(Nc2ccc(N(CC)CC)cc2)ncn1. The largest absolute Gasteiger partial charge is 0.372 e. The Morgan fingerprint density at radius 1 is 1.04 bits per heavy atom. The fourth-order valence-corrected chi connectivity index (χ4v) is 2.71. The highest BCUT2D eigenvalue weighted by molar-refractivity contribution is 5.92. The van der Waals surface area contributed by atoms with Gasteiger partial charge in [-0.15, -0.1) is 0 Å². The van der Waals surface area contributed by atoms with E-state index in [1.807, 2.05) is 12.1 Å². The van der Waals surface area contributed by atoms with E-state index < -0.39 is 0 Å². The Balaban J connectivity index is 1.98. The van der Waals surface area contributed by atoms with Gasteiger partial charge in [0.2, 0.25) is 0 Å². The molecule has 2 N–H and O–H groups in total.